The third-order valence-corrected chi connectivity index (χ3v) is 4.33. The second-order valence-electron chi connectivity index (χ2n) is 3.43. The molecule has 0 aliphatic carbocycles. The van der Waals surface area contributed by atoms with E-state index in [1.54, 1.807) is 32.0 Å². The van der Waals surface area contributed by atoms with Crippen LogP contribution in [-0.2, 0) is 10.0 Å². The Morgan fingerprint density at radius 3 is 2.47 bits per heavy atom. The van der Waals surface area contributed by atoms with Gasteiger partial charge in [0, 0.05) is 15.8 Å². The third kappa shape index (κ3) is 3.10. The molecule has 0 heterocycles. The Kier molecular flexibility index (Phi) is 3.62. The highest BCUT2D eigenvalue weighted by Gasteiger charge is 2.15. The Hall–Kier alpha value is -0.750. The molecule has 6 heteroatoms. The normalized spacial score (nSPS) is 11.7. The fourth-order valence-corrected chi connectivity index (χ4v) is 1.94. The first-order valence-corrected chi connectivity index (χ1v) is 6.73. The largest absolute Gasteiger partial charge is 0.398 e. The highest BCUT2D eigenvalue weighted by Crippen LogP contribution is 2.24. The van der Waals surface area contributed by atoms with Crippen LogP contribution in [0.15, 0.2) is 22.7 Å². The van der Waals surface area contributed by atoms with Crippen molar-refractivity contribution in [3.05, 3.63) is 22.7 Å². The molecule has 84 valence electrons. The zero-order valence-corrected chi connectivity index (χ0v) is 10.9. The standard InChI is InChI=1S/C9H13BrN2O2S/c1-6(2)15(13,14)12-7-3-4-9(11)8(10)5-7/h3-6,12H,11H2,1-2H3. The quantitative estimate of drug-likeness (QED) is 0.839. The summed E-state index contributed by atoms with van der Waals surface area (Å²) in [4.78, 5) is 0. The number of nitrogen functional groups attached to an aromatic ring is 1. The smallest absolute Gasteiger partial charge is 0.235 e. The topological polar surface area (TPSA) is 72.2 Å². The summed E-state index contributed by atoms with van der Waals surface area (Å²) in [7, 11) is -3.29. The van der Waals surface area contributed by atoms with Crippen molar-refractivity contribution in [3.8, 4) is 0 Å². The molecule has 0 atom stereocenters. The third-order valence-electron chi connectivity index (χ3n) is 1.88. The zero-order valence-electron chi connectivity index (χ0n) is 8.49. The lowest BCUT2D eigenvalue weighted by Gasteiger charge is -2.11. The number of hydrogen-bond donors (Lipinski definition) is 2. The number of hydrogen-bond acceptors (Lipinski definition) is 3. The molecule has 15 heavy (non-hydrogen) atoms. The van der Waals surface area contributed by atoms with Crippen LogP contribution in [0.3, 0.4) is 0 Å². The summed E-state index contributed by atoms with van der Waals surface area (Å²) in [6.45, 7) is 3.24. The van der Waals surface area contributed by atoms with E-state index in [9.17, 15) is 8.42 Å². The van der Waals surface area contributed by atoms with Crippen molar-refractivity contribution in [2.24, 2.45) is 0 Å². The molecule has 0 aliphatic heterocycles. The van der Waals surface area contributed by atoms with Gasteiger partial charge < -0.3 is 5.73 Å². The van der Waals surface area contributed by atoms with Crippen LogP contribution < -0.4 is 10.5 Å². The molecule has 1 aromatic carbocycles. The highest BCUT2D eigenvalue weighted by molar-refractivity contribution is 9.10. The summed E-state index contributed by atoms with van der Waals surface area (Å²) in [5.41, 5.74) is 6.66. The highest BCUT2D eigenvalue weighted by atomic mass is 79.9. The van der Waals surface area contributed by atoms with Gasteiger partial charge in [0.15, 0.2) is 0 Å². The number of nitrogens with two attached hydrogens (primary N) is 1. The maximum atomic E-state index is 11.5. The van der Waals surface area contributed by atoms with Crippen LogP contribution in [0.25, 0.3) is 0 Å². The molecule has 4 nitrogen and oxygen atoms in total. The molecule has 0 saturated heterocycles. The minimum Gasteiger partial charge on any atom is -0.398 e. The van der Waals surface area contributed by atoms with E-state index in [1.165, 1.54) is 0 Å². The van der Waals surface area contributed by atoms with Gasteiger partial charge in [0.1, 0.15) is 0 Å². The molecule has 0 unspecified atom stereocenters. The van der Waals surface area contributed by atoms with E-state index >= 15 is 0 Å². The van der Waals surface area contributed by atoms with Crippen LogP contribution in [0.1, 0.15) is 13.8 Å². The molecule has 0 fully saturated rings. The molecule has 0 radical (unpaired) electrons. The summed E-state index contributed by atoms with van der Waals surface area (Å²) in [5, 5.41) is -0.464. The monoisotopic (exact) mass is 292 g/mol. The summed E-state index contributed by atoms with van der Waals surface area (Å²) in [6, 6.07) is 4.90. The first-order chi connectivity index (χ1) is 6.83. The maximum Gasteiger partial charge on any atom is 0.235 e. The predicted molar refractivity (Wildman–Crippen MR) is 66.2 cm³/mol. The molecule has 1 rings (SSSR count). The van der Waals surface area contributed by atoms with Crippen molar-refractivity contribution in [3.63, 3.8) is 0 Å². The first kappa shape index (κ1) is 12.3. The van der Waals surface area contributed by atoms with Crippen LogP contribution in [0, 0.1) is 0 Å². The molecule has 0 amide bonds. The summed E-state index contributed by atoms with van der Waals surface area (Å²) in [5.74, 6) is 0. The van der Waals surface area contributed by atoms with E-state index in [2.05, 4.69) is 20.7 Å². The lowest BCUT2D eigenvalue weighted by Crippen LogP contribution is -2.22. The average molecular weight is 293 g/mol. The lowest BCUT2D eigenvalue weighted by molar-refractivity contribution is 0.593. The first-order valence-electron chi connectivity index (χ1n) is 4.39. The number of anilines is 2. The van der Waals surface area contributed by atoms with Gasteiger partial charge >= 0.3 is 0 Å². The van der Waals surface area contributed by atoms with Crippen LogP contribution in [0.4, 0.5) is 11.4 Å². The number of rotatable bonds is 3. The zero-order chi connectivity index (χ0) is 11.6. The molecule has 0 saturated carbocycles. The summed E-state index contributed by atoms with van der Waals surface area (Å²) < 4.78 is 26.2. The van der Waals surface area contributed by atoms with E-state index in [4.69, 9.17) is 5.73 Å². The van der Waals surface area contributed by atoms with Crippen molar-refractivity contribution in [2.75, 3.05) is 10.5 Å². The van der Waals surface area contributed by atoms with Gasteiger partial charge in [0.2, 0.25) is 10.0 Å². The SMILES string of the molecule is CC(C)S(=O)(=O)Nc1ccc(N)c(Br)c1. The molecule has 3 N–H and O–H groups in total. The van der Waals surface area contributed by atoms with Crippen LogP contribution in [0.5, 0.6) is 0 Å². The van der Waals surface area contributed by atoms with Gasteiger partial charge in [-0.1, -0.05) is 0 Å². The molecule has 0 aromatic heterocycles. The van der Waals surface area contributed by atoms with Gasteiger partial charge in [-0.15, -0.1) is 0 Å². The Bertz CT molecular complexity index is 457. The van der Waals surface area contributed by atoms with Crippen molar-refractivity contribution in [1.29, 1.82) is 0 Å². The Labute approximate surface area is 98.0 Å². The van der Waals surface area contributed by atoms with E-state index in [-0.39, 0.29) is 0 Å². The average Bonchev–Trinajstić information content (AvgIpc) is 2.10. The van der Waals surface area contributed by atoms with E-state index in [0.717, 1.165) is 0 Å². The van der Waals surface area contributed by atoms with Crippen LogP contribution in [-0.4, -0.2) is 13.7 Å². The van der Waals surface area contributed by atoms with Gasteiger partial charge in [0.05, 0.1) is 5.25 Å². The molecular weight excluding hydrogens is 280 g/mol. The van der Waals surface area contributed by atoms with Gasteiger partial charge in [-0.25, -0.2) is 8.42 Å². The van der Waals surface area contributed by atoms with Crippen molar-refractivity contribution in [2.45, 2.75) is 19.1 Å². The van der Waals surface area contributed by atoms with Crippen molar-refractivity contribution in [1.82, 2.24) is 0 Å². The minimum absolute atomic E-state index is 0.464. The summed E-state index contributed by atoms with van der Waals surface area (Å²) in [6.07, 6.45) is 0. The second kappa shape index (κ2) is 4.40. The van der Waals surface area contributed by atoms with Crippen LogP contribution >= 0.6 is 15.9 Å². The number of sulfonamides is 1. The van der Waals surface area contributed by atoms with Crippen molar-refractivity contribution < 1.29 is 8.42 Å². The Morgan fingerprint density at radius 2 is 2.00 bits per heavy atom. The Morgan fingerprint density at radius 1 is 1.40 bits per heavy atom. The van der Waals surface area contributed by atoms with Crippen molar-refractivity contribution >= 4 is 37.3 Å². The van der Waals surface area contributed by atoms with Gasteiger partial charge in [-0.3, -0.25) is 4.72 Å². The van der Waals surface area contributed by atoms with Crippen LogP contribution in [0.2, 0.25) is 0 Å². The number of nitrogens with one attached hydrogen (secondary N) is 1. The fourth-order valence-electron chi connectivity index (χ4n) is 0.873. The maximum absolute atomic E-state index is 11.5. The number of benzene rings is 1. The molecule has 1 aromatic rings. The van der Waals surface area contributed by atoms with Gasteiger partial charge in [-0.05, 0) is 48.0 Å². The second-order valence-corrected chi connectivity index (χ2v) is 6.52. The predicted octanol–water partition coefficient (Wildman–Crippen LogP) is 2.18. The number of halogens is 1. The van der Waals surface area contributed by atoms with Gasteiger partial charge in [0.25, 0.3) is 0 Å². The molecule has 0 bridgehead atoms. The summed E-state index contributed by atoms with van der Waals surface area (Å²) >= 11 is 3.23. The van der Waals surface area contributed by atoms with E-state index in [0.29, 0.717) is 15.8 Å². The molecule has 0 aliphatic rings. The minimum atomic E-state index is -3.29. The van der Waals surface area contributed by atoms with E-state index in [1.807, 2.05) is 0 Å². The van der Waals surface area contributed by atoms with Gasteiger partial charge in [-0.2, -0.15) is 0 Å². The molecular formula is C9H13BrN2O2S. The fraction of sp³-hybridized carbons (Fsp3) is 0.333. The Balaban J connectivity index is 2.96. The molecule has 0 spiro atoms. The lowest BCUT2D eigenvalue weighted by atomic mass is 10.3. The van der Waals surface area contributed by atoms with E-state index < -0.39 is 15.3 Å².